The van der Waals surface area contributed by atoms with E-state index < -0.39 is 10.7 Å². The van der Waals surface area contributed by atoms with E-state index in [-0.39, 0.29) is 18.8 Å². The molecule has 30 heavy (non-hydrogen) atoms. The van der Waals surface area contributed by atoms with Gasteiger partial charge in [-0.15, -0.1) is 0 Å². The number of para-hydroxylation sites is 2. The Morgan fingerprint density at radius 1 is 1.07 bits per heavy atom. The Balaban J connectivity index is 1.60. The van der Waals surface area contributed by atoms with Crippen LogP contribution >= 0.6 is 0 Å². The maximum absolute atomic E-state index is 12.1. The molecule has 152 valence electrons. The quantitative estimate of drug-likeness (QED) is 0.336. The third-order valence-corrected chi connectivity index (χ3v) is 4.72. The van der Waals surface area contributed by atoms with Gasteiger partial charge < -0.3 is 13.9 Å². The molecule has 0 aliphatic heterocycles. The number of aromatic nitrogens is 1. The van der Waals surface area contributed by atoms with Gasteiger partial charge in [-0.05, 0) is 35.9 Å². The van der Waals surface area contributed by atoms with Crippen molar-refractivity contribution in [1.82, 2.24) is 4.57 Å². The highest BCUT2D eigenvalue weighted by Crippen LogP contribution is 2.34. The molecular formula is C22H18N2O6. The zero-order valence-corrected chi connectivity index (χ0v) is 16.1. The van der Waals surface area contributed by atoms with Crippen molar-refractivity contribution in [2.75, 3.05) is 13.7 Å². The van der Waals surface area contributed by atoms with Crippen LogP contribution in [0.5, 0.6) is 11.5 Å². The van der Waals surface area contributed by atoms with Gasteiger partial charge in [0.25, 0.3) is 5.69 Å². The van der Waals surface area contributed by atoms with Gasteiger partial charge in [-0.1, -0.05) is 24.3 Å². The van der Waals surface area contributed by atoms with Crippen molar-refractivity contribution in [1.29, 1.82) is 0 Å². The lowest BCUT2D eigenvalue weighted by atomic mass is 10.0. The summed E-state index contributed by atoms with van der Waals surface area (Å²) in [5, 5.41) is 11.2. The number of nitro benzene ring substituents is 1. The second kappa shape index (κ2) is 8.12. The van der Waals surface area contributed by atoms with Crippen molar-refractivity contribution in [3.05, 3.63) is 87.4 Å². The number of benzene rings is 3. The van der Waals surface area contributed by atoms with Crippen LogP contribution in [0.4, 0.5) is 5.69 Å². The molecule has 1 heterocycles. The fraction of sp³-hybridized carbons (Fsp3) is 0.136. The van der Waals surface area contributed by atoms with Crippen molar-refractivity contribution in [3.8, 4) is 22.6 Å². The Labute approximate surface area is 171 Å². The Bertz CT molecular complexity index is 1260. The SMILES string of the molecule is COc1ccc(-c2cc([N+](=O)[O-])ccc2OCCn2c(=O)oc3ccccc32)cc1. The summed E-state index contributed by atoms with van der Waals surface area (Å²) in [6.45, 7) is 0.458. The first-order chi connectivity index (χ1) is 14.6. The maximum Gasteiger partial charge on any atom is 0.420 e. The molecule has 0 spiro atoms. The summed E-state index contributed by atoms with van der Waals surface area (Å²) in [6, 6.07) is 18.7. The van der Waals surface area contributed by atoms with Crippen LogP contribution < -0.4 is 15.2 Å². The van der Waals surface area contributed by atoms with Gasteiger partial charge in [-0.3, -0.25) is 14.7 Å². The van der Waals surface area contributed by atoms with E-state index in [2.05, 4.69) is 0 Å². The van der Waals surface area contributed by atoms with E-state index in [4.69, 9.17) is 13.9 Å². The lowest BCUT2D eigenvalue weighted by molar-refractivity contribution is -0.384. The molecule has 0 aliphatic rings. The second-order valence-electron chi connectivity index (χ2n) is 6.50. The van der Waals surface area contributed by atoms with Crippen LogP contribution in [0.3, 0.4) is 0 Å². The number of oxazole rings is 1. The third-order valence-electron chi connectivity index (χ3n) is 4.72. The first-order valence-electron chi connectivity index (χ1n) is 9.21. The van der Waals surface area contributed by atoms with E-state index in [1.807, 2.05) is 6.07 Å². The van der Waals surface area contributed by atoms with E-state index in [1.165, 1.54) is 16.7 Å². The van der Waals surface area contributed by atoms with E-state index in [9.17, 15) is 14.9 Å². The molecule has 3 aromatic carbocycles. The van der Waals surface area contributed by atoms with E-state index in [1.54, 1.807) is 55.6 Å². The molecule has 0 aliphatic carbocycles. The number of methoxy groups -OCH3 is 1. The van der Waals surface area contributed by atoms with Gasteiger partial charge in [0.05, 0.1) is 24.1 Å². The highest BCUT2D eigenvalue weighted by Gasteiger charge is 2.15. The van der Waals surface area contributed by atoms with Crippen LogP contribution in [0, 0.1) is 10.1 Å². The molecule has 0 radical (unpaired) electrons. The number of ether oxygens (including phenoxy) is 2. The average molecular weight is 406 g/mol. The summed E-state index contributed by atoms with van der Waals surface area (Å²) >= 11 is 0. The Hall–Kier alpha value is -4.07. The van der Waals surface area contributed by atoms with Gasteiger partial charge in [0.15, 0.2) is 5.58 Å². The molecule has 1 aromatic heterocycles. The minimum absolute atomic E-state index is 0.0368. The zero-order chi connectivity index (χ0) is 21.1. The Morgan fingerprint density at radius 3 is 2.57 bits per heavy atom. The normalized spacial score (nSPS) is 10.8. The van der Waals surface area contributed by atoms with Gasteiger partial charge >= 0.3 is 5.76 Å². The predicted octanol–water partition coefficient (Wildman–Crippen LogP) is 4.26. The fourth-order valence-electron chi connectivity index (χ4n) is 3.23. The Kier molecular flexibility index (Phi) is 5.21. The van der Waals surface area contributed by atoms with E-state index in [0.29, 0.717) is 28.2 Å². The molecule has 0 N–H and O–H groups in total. The van der Waals surface area contributed by atoms with Crippen molar-refractivity contribution in [2.45, 2.75) is 6.54 Å². The van der Waals surface area contributed by atoms with Crippen LogP contribution in [0.2, 0.25) is 0 Å². The second-order valence-corrected chi connectivity index (χ2v) is 6.50. The molecule has 0 bridgehead atoms. The summed E-state index contributed by atoms with van der Waals surface area (Å²) in [7, 11) is 1.57. The number of nitro groups is 1. The summed E-state index contributed by atoms with van der Waals surface area (Å²) < 4.78 is 17.8. The summed E-state index contributed by atoms with van der Waals surface area (Å²) in [5.41, 5.74) is 2.49. The number of rotatable bonds is 7. The number of nitrogens with zero attached hydrogens (tertiary/aromatic N) is 2. The predicted molar refractivity (Wildman–Crippen MR) is 111 cm³/mol. The van der Waals surface area contributed by atoms with Crippen molar-refractivity contribution >= 4 is 16.8 Å². The first-order valence-corrected chi connectivity index (χ1v) is 9.21. The highest BCUT2D eigenvalue weighted by molar-refractivity contribution is 5.74. The van der Waals surface area contributed by atoms with Gasteiger partial charge in [-0.2, -0.15) is 0 Å². The molecule has 4 rings (SSSR count). The number of hydrogen-bond donors (Lipinski definition) is 0. The smallest absolute Gasteiger partial charge is 0.420 e. The lowest BCUT2D eigenvalue weighted by Gasteiger charge is -2.12. The highest BCUT2D eigenvalue weighted by atomic mass is 16.6. The molecular weight excluding hydrogens is 388 g/mol. The van der Waals surface area contributed by atoms with Gasteiger partial charge in [0.2, 0.25) is 0 Å². The first kappa shape index (κ1) is 19.3. The minimum atomic E-state index is -0.459. The van der Waals surface area contributed by atoms with Gasteiger partial charge in [-0.25, -0.2) is 4.79 Å². The van der Waals surface area contributed by atoms with Crippen LogP contribution in [-0.2, 0) is 6.54 Å². The third kappa shape index (κ3) is 3.75. The molecule has 4 aromatic rings. The summed E-state index contributed by atoms with van der Waals surface area (Å²) in [5.74, 6) is 0.698. The molecule has 0 amide bonds. The Morgan fingerprint density at radius 2 is 1.83 bits per heavy atom. The molecule has 8 heteroatoms. The lowest BCUT2D eigenvalue weighted by Crippen LogP contribution is -2.18. The van der Waals surface area contributed by atoms with Crippen LogP contribution in [0.1, 0.15) is 0 Å². The molecule has 8 nitrogen and oxygen atoms in total. The van der Waals surface area contributed by atoms with Crippen LogP contribution in [-0.4, -0.2) is 23.2 Å². The average Bonchev–Trinajstić information content (AvgIpc) is 3.09. The zero-order valence-electron chi connectivity index (χ0n) is 16.1. The maximum atomic E-state index is 12.1. The molecule has 0 atom stereocenters. The summed E-state index contributed by atoms with van der Waals surface area (Å²) in [4.78, 5) is 22.9. The van der Waals surface area contributed by atoms with E-state index >= 15 is 0 Å². The van der Waals surface area contributed by atoms with Crippen LogP contribution in [0.25, 0.3) is 22.2 Å². The monoisotopic (exact) mass is 406 g/mol. The van der Waals surface area contributed by atoms with E-state index in [0.717, 1.165) is 5.56 Å². The van der Waals surface area contributed by atoms with Gasteiger partial charge in [0, 0.05) is 17.7 Å². The molecule has 0 saturated carbocycles. The number of hydrogen-bond acceptors (Lipinski definition) is 6. The van der Waals surface area contributed by atoms with Crippen molar-refractivity contribution in [3.63, 3.8) is 0 Å². The molecule has 0 saturated heterocycles. The topological polar surface area (TPSA) is 96.7 Å². The molecule has 0 fully saturated rings. The fourth-order valence-corrected chi connectivity index (χ4v) is 3.23. The number of non-ortho nitro benzene ring substituents is 1. The molecule has 0 unspecified atom stereocenters. The number of fused-ring (bicyclic) bond motifs is 1. The largest absolute Gasteiger partial charge is 0.497 e. The minimum Gasteiger partial charge on any atom is -0.497 e. The van der Waals surface area contributed by atoms with Crippen molar-refractivity contribution in [2.24, 2.45) is 0 Å². The summed E-state index contributed by atoms with van der Waals surface area (Å²) in [6.07, 6.45) is 0. The standard InChI is InChI=1S/C22H18N2O6/c1-28-17-9-6-15(7-10-17)18-14-16(24(26)27)8-11-20(18)29-13-12-23-19-4-2-3-5-21(19)30-22(23)25/h2-11,14H,12-13H2,1H3. The van der Waals surface area contributed by atoms with Crippen molar-refractivity contribution < 1.29 is 18.8 Å². The van der Waals surface area contributed by atoms with Crippen LogP contribution in [0.15, 0.2) is 75.9 Å². The van der Waals surface area contributed by atoms with Gasteiger partial charge in [0.1, 0.15) is 18.1 Å².